The molecule has 4 nitrogen and oxygen atoms in total. The number of benzene rings is 2. The first-order chi connectivity index (χ1) is 11.2. The average Bonchev–Trinajstić information content (AvgIpc) is 2.55. The van der Waals surface area contributed by atoms with Gasteiger partial charge in [-0.2, -0.15) is 0 Å². The molecule has 0 radical (unpaired) electrons. The molecule has 2 N–H and O–H groups in total. The van der Waals surface area contributed by atoms with Crippen LogP contribution in [0.15, 0.2) is 42.5 Å². The van der Waals surface area contributed by atoms with Gasteiger partial charge in [-0.15, -0.1) is 0 Å². The molecule has 0 spiro atoms. The van der Waals surface area contributed by atoms with E-state index in [4.69, 9.17) is 4.74 Å². The molecule has 0 aliphatic heterocycles. The van der Waals surface area contributed by atoms with Crippen molar-refractivity contribution in [2.45, 2.75) is 27.2 Å². The van der Waals surface area contributed by atoms with Crippen molar-refractivity contribution in [3.05, 3.63) is 53.6 Å². The van der Waals surface area contributed by atoms with E-state index >= 15 is 0 Å². The number of ether oxygens (including phenoxy) is 1. The lowest BCUT2D eigenvalue weighted by atomic mass is 10.1. The smallest absolute Gasteiger partial charge is 0.243 e. The number of para-hydroxylation sites is 3. The monoisotopic (exact) mass is 312 g/mol. The first-order valence-electron chi connectivity index (χ1n) is 7.99. The molecule has 0 aliphatic rings. The van der Waals surface area contributed by atoms with Gasteiger partial charge in [0.25, 0.3) is 0 Å². The van der Waals surface area contributed by atoms with E-state index in [0.29, 0.717) is 18.0 Å². The van der Waals surface area contributed by atoms with E-state index in [2.05, 4.69) is 23.6 Å². The fraction of sp³-hybridized carbons (Fsp3) is 0.316. The van der Waals surface area contributed by atoms with E-state index in [0.717, 1.165) is 17.7 Å². The summed E-state index contributed by atoms with van der Waals surface area (Å²) in [6.45, 7) is 6.86. The van der Waals surface area contributed by atoms with Gasteiger partial charge in [-0.25, -0.2) is 0 Å². The molecule has 0 heterocycles. The number of amides is 1. The Kier molecular flexibility index (Phi) is 6.03. The molecule has 23 heavy (non-hydrogen) atoms. The number of rotatable bonds is 7. The van der Waals surface area contributed by atoms with Gasteiger partial charge in [-0.05, 0) is 43.5 Å². The summed E-state index contributed by atoms with van der Waals surface area (Å²) in [5.41, 5.74) is 4.10. The number of hydrogen-bond donors (Lipinski definition) is 2. The lowest BCUT2D eigenvalue weighted by Gasteiger charge is -2.15. The first kappa shape index (κ1) is 16.9. The largest absolute Gasteiger partial charge is 0.492 e. The van der Waals surface area contributed by atoms with Crippen LogP contribution in [-0.2, 0) is 11.2 Å². The predicted molar refractivity (Wildman–Crippen MR) is 95.3 cm³/mol. The number of hydrogen-bond acceptors (Lipinski definition) is 3. The molecule has 1 amide bonds. The molecular weight excluding hydrogens is 288 g/mol. The molecule has 0 saturated carbocycles. The zero-order valence-corrected chi connectivity index (χ0v) is 14.0. The normalized spacial score (nSPS) is 10.2. The third-order valence-corrected chi connectivity index (χ3v) is 3.63. The molecule has 0 bridgehead atoms. The second kappa shape index (κ2) is 8.22. The number of anilines is 2. The second-order valence-electron chi connectivity index (χ2n) is 5.29. The highest BCUT2D eigenvalue weighted by Gasteiger charge is 2.09. The number of aryl methyl sites for hydroxylation is 2. The SMILES string of the molecule is CCOc1ccccc1NC(=O)CNc1c(C)cccc1CC. The fourth-order valence-corrected chi connectivity index (χ4v) is 2.49. The summed E-state index contributed by atoms with van der Waals surface area (Å²) in [7, 11) is 0. The Morgan fingerprint density at radius 1 is 1.09 bits per heavy atom. The van der Waals surface area contributed by atoms with Crippen LogP contribution in [0.5, 0.6) is 5.75 Å². The molecule has 0 saturated heterocycles. The molecule has 122 valence electrons. The van der Waals surface area contributed by atoms with Crippen LogP contribution in [-0.4, -0.2) is 19.1 Å². The molecular formula is C19H24N2O2. The van der Waals surface area contributed by atoms with E-state index in [9.17, 15) is 4.79 Å². The van der Waals surface area contributed by atoms with Gasteiger partial charge < -0.3 is 15.4 Å². The molecule has 0 atom stereocenters. The molecule has 2 aromatic rings. The highest BCUT2D eigenvalue weighted by molar-refractivity contribution is 5.95. The third kappa shape index (κ3) is 4.49. The summed E-state index contributed by atoms with van der Waals surface area (Å²) in [6, 6.07) is 13.6. The number of carbonyl (C=O) groups is 1. The van der Waals surface area contributed by atoms with Crippen LogP contribution in [0.2, 0.25) is 0 Å². The van der Waals surface area contributed by atoms with E-state index in [1.807, 2.05) is 50.2 Å². The minimum absolute atomic E-state index is 0.0949. The van der Waals surface area contributed by atoms with Crippen molar-refractivity contribution in [2.24, 2.45) is 0 Å². The van der Waals surface area contributed by atoms with Crippen LogP contribution in [0.25, 0.3) is 0 Å². The van der Waals surface area contributed by atoms with Gasteiger partial charge in [-0.3, -0.25) is 4.79 Å². The second-order valence-corrected chi connectivity index (χ2v) is 5.29. The van der Waals surface area contributed by atoms with Gasteiger partial charge in [-0.1, -0.05) is 37.3 Å². The van der Waals surface area contributed by atoms with E-state index in [1.165, 1.54) is 5.56 Å². The Labute approximate surface area is 137 Å². The van der Waals surface area contributed by atoms with Gasteiger partial charge in [0.1, 0.15) is 5.75 Å². The first-order valence-corrected chi connectivity index (χ1v) is 7.99. The lowest BCUT2D eigenvalue weighted by Crippen LogP contribution is -2.23. The van der Waals surface area contributed by atoms with Crippen molar-refractivity contribution in [2.75, 3.05) is 23.8 Å². The summed E-state index contributed by atoms with van der Waals surface area (Å²) in [5.74, 6) is 0.593. The summed E-state index contributed by atoms with van der Waals surface area (Å²) in [6.07, 6.45) is 0.929. The molecule has 0 fully saturated rings. The summed E-state index contributed by atoms with van der Waals surface area (Å²) in [5, 5.41) is 6.15. The van der Waals surface area contributed by atoms with Crippen LogP contribution in [0.3, 0.4) is 0 Å². The van der Waals surface area contributed by atoms with Gasteiger partial charge in [0.05, 0.1) is 18.8 Å². The van der Waals surface area contributed by atoms with E-state index in [1.54, 1.807) is 0 Å². The quantitative estimate of drug-likeness (QED) is 0.812. The van der Waals surface area contributed by atoms with Crippen LogP contribution in [0.1, 0.15) is 25.0 Å². The molecule has 0 unspecified atom stereocenters. The predicted octanol–water partition coefficient (Wildman–Crippen LogP) is 4.01. The Hall–Kier alpha value is -2.49. The Balaban J connectivity index is 2.01. The van der Waals surface area contributed by atoms with Crippen molar-refractivity contribution >= 4 is 17.3 Å². The Morgan fingerprint density at radius 3 is 2.61 bits per heavy atom. The van der Waals surface area contributed by atoms with Gasteiger partial charge >= 0.3 is 0 Å². The van der Waals surface area contributed by atoms with Crippen molar-refractivity contribution < 1.29 is 9.53 Å². The van der Waals surface area contributed by atoms with Crippen molar-refractivity contribution in [3.8, 4) is 5.75 Å². The molecule has 0 aliphatic carbocycles. The third-order valence-electron chi connectivity index (χ3n) is 3.63. The van der Waals surface area contributed by atoms with Crippen molar-refractivity contribution in [1.29, 1.82) is 0 Å². The Bertz CT molecular complexity index is 668. The van der Waals surface area contributed by atoms with Crippen molar-refractivity contribution in [1.82, 2.24) is 0 Å². The van der Waals surface area contributed by atoms with Crippen LogP contribution in [0.4, 0.5) is 11.4 Å². The zero-order chi connectivity index (χ0) is 16.7. The fourth-order valence-electron chi connectivity index (χ4n) is 2.49. The van der Waals surface area contributed by atoms with Crippen molar-refractivity contribution in [3.63, 3.8) is 0 Å². The summed E-state index contributed by atoms with van der Waals surface area (Å²) >= 11 is 0. The van der Waals surface area contributed by atoms with Gasteiger partial charge in [0.15, 0.2) is 0 Å². The minimum atomic E-state index is -0.0949. The molecule has 2 rings (SSSR count). The van der Waals surface area contributed by atoms with Crippen LogP contribution < -0.4 is 15.4 Å². The maximum atomic E-state index is 12.2. The topological polar surface area (TPSA) is 50.4 Å². The van der Waals surface area contributed by atoms with Gasteiger partial charge in [0.2, 0.25) is 5.91 Å². The lowest BCUT2D eigenvalue weighted by molar-refractivity contribution is -0.114. The zero-order valence-electron chi connectivity index (χ0n) is 14.0. The van der Waals surface area contributed by atoms with Crippen LogP contribution in [0, 0.1) is 6.92 Å². The van der Waals surface area contributed by atoms with E-state index in [-0.39, 0.29) is 12.5 Å². The maximum Gasteiger partial charge on any atom is 0.243 e. The highest BCUT2D eigenvalue weighted by Crippen LogP contribution is 2.24. The molecule has 4 heteroatoms. The van der Waals surface area contributed by atoms with Crippen LogP contribution >= 0.6 is 0 Å². The molecule has 2 aromatic carbocycles. The summed E-state index contributed by atoms with van der Waals surface area (Å²) in [4.78, 5) is 12.2. The highest BCUT2D eigenvalue weighted by atomic mass is 16.5. The maximum absolute atomic E-state index is 12.2. The molecule has 0 aromatic heterocycles. The summed E-state index contributed by atoms with van der Waals surface area (Å²) < 4.78 is 5.52. The average molecular weight is 312 g/mol. The standard InChI is InChI=1S/C19H24N2O2/c1-4-15-10-8-9-14(3)19(15)20-13-18(22)21-16-11-6-7-12-17(16)23-5-2/h6-12,20H,4-5,13H2,1-3H3,(H,21,22). The number of carbonyl (C=O) groups excluding carboxylic acids is 1. The number of nitrogens with one attached hydrogen (secondary N) is 2. The van der Waals surface area contributed by atoms with E-state index < -0.39 is 0 Å². The van der Waals surface area contributed by atoms with Gasteiger partial charge in [0, 0.05) is 5.69 Å². The minimum Gasteiger partial charge on any atom is -0.492 e. The Morgan fingerprint density at radius 2 is 1.87 bits per heavy atom.